The highest BCUT2D eigenvalue weighted by Crippen LogP contribution is 2.21. The molecule has 19 heavy (non-hydrogen) atoms. The summed E-state index contributed by atoms with van der Waals surface area (Å²) in [7, 11) is 0. The SMILES string of the molecule is Cc1nccc([C@H]2CN(Cc3cscn3)CCO2)n1. The average molecular weight is 276 g/mol. The van der Waals surface area contributed by atoms with E-state index in [9.17, 15) is 0 Å². The molecule has 5 nitrogen and oxygen atoms in total. The van der Waals surface area contributed by atoms with Crippen LogP contribution in [-0.4, -0.2) is 39.5 Å². The minimum absolute atomic E-state index is 0.0362. The molecule has 1 atom stereocenters. The van der Waals surface area contributed by atoms with Crippen LogP contribution in [0.25, 0.3) is 0 Å². The van der Waals surface area contributed by atoms with Crippen molar-refractivity contribution in [2.45, 2.75) is 19.6 Å². The van der Waals surface area contributed by atoms with Crippen LogP contribution >= 0.6 is 11.3 Å². The Labute approximate surface area is 116 Å². The van der Waals surface area contributed by atoms with Crippen molar-refractivity contribution in [1.29, 1.82) is 0 Å². The highest BCUT2D eigenvalue weighted by molar-refractivity contribution is 7.07. The Bertz CT molecular complexity index is 531. The van der Waals surface area contributed by atoms with Crippen LogP contribution in [0.5, 0.6) is 0 Å². The average Bonchev–Trinajstić information content (AvgIpc) is 2.92. The molecule has 0 bridgehead atoms. The van der Waals surface area contributed by atoms with Gasteiger partial charge in [0.05, 0.1) is 23.5 Å². The van der Waals surface area contributed by atoms with E-state index in [0.29, 0.717) is 0 Å². The van der Waals surface area contributed by atoms with E-state index in [1.165, 1.54) is 0 Å². The van der Waals surface area contributed by atoms with Gasteiger partial charge in [-0.25, -0.2) is 15.0 Å². The maximum absolute atomic E-state index is 5.82. The highest BCUT2D eigenvalue weighted by atomic mass is 32.1. The van der Waals surface area contributed by atoms with Crippen LogP contribution < -0.4 is 0 Å². The van der Waals surface area contributed by atoms with Crippen molar-refractivity contribution < 1.29 is 4.74 Å². The molecule has 3 heterocycles. The molecule has 1 saturated heterocycles. The van der Waals surface area contributed by atoms with E-state index < -0.39 is 0 Å². The van der Waals surface area contributed by atoms with Crippen molar-refractivity contribution in [2.24, 2.45) is 0 Å². The van der Waals surface area contributed by atoms with Crippen LogP contribution in [0.4, 0.5) is 0 Å². The van der Waals surface area contributed by atoms with Crippen molar-refractivity contribution in [1.82, 2.24) is 19.9 Å². The largest absolute Gasteiger partial charge is 0.369 e. The summed E-state index contributed by atoms with van der Waals surface area (Å²) in [6.07, 6.45) is 1.83. The number of nitrogens with zero attached hydrogens (tertiary/aromatic N) is 4. The van der Waals surface area contributed by atoms with Gasteiger partial charge in [-0.2, -0.15) is 0 Å². The van der Waals surface area contributed by atoms with E-state index in [0.717, 1.165) is 43.5 Å². The summed E-state index contributed by atoms with van der Waals surface area (Å²) in [5.41, 5.74) is 3.97. The van der Waals surface area contributed by atoms with Gasteiger partial charge in [0.1, 0.15) is 11.9 Å². The standard InChI is InChI=1S/C13H16N4OS/c1-10-14-3-2-12(16-10)13-7-17(4-5-18-13)6-11-8-19-9-15-11/h2-3,8-9,13H,4-7H2,1H3/t13-/m1/s1. The number of hydrogen-bond acceptors (Lipinski definition) is 6. The molecule has 0 radical (unpaired) electrons. The second kappa shape index (κ2) is 5.73. The summed E-state index contributed by atoms with van der Waals surface area (Å²) in [5.74, 6) is 0.790. The monoisotopic (exact) mass is 276 g/mol. The van der Waals surface area contributed by atoms with Crippen molar-refractivity contribution in [3.8, 4) is 0 Å². The number of hydrogen-bond donors (Lipinski definition) is 0. The second-order valence-corrected chi connectivity index (χ2v) is 5.32. The predicted molar refractivity (Wildman–Crippen MR) is 72.9 cm³/mol. The lowest BCUT2D eigenvalue weighted by Crippen LogP contribution is -2.38. The van der Waals surface area contributed by atoms with Gasteiger partial charge in [-0.3, -0.25) is 4.90 Å². The Balaban J connectivity index is 1.67. The van der Waals surface area contributed by atoms with Crippen LogP contribution in [-0.2, 0) is 11.3 Å². The van der Waals surface area contributed by atoms with Crippen molar-refractivity contribution in [3.05, 3.63) is 40.4 Å². The Hall–Kier alpha value is -1.37. The summed E-state index contributed by atoms with van der Waals surface area (Å²) >= 11 is 1.64. The number of rotatable bonds is 3. The van der Waals surface area contributed by atoms with Gasteiger partial charge in [-0.05, 0) is 13.0 Å². The van der Waals surface area contributed by atoms with E-state index >= 15 is 0 Å². The first kappa shape index (κ1) is 12.7. The number of ether oxygens (including phenoxy) is 1. The predicted octanol–water partition coefficient (Wildman–Crippen LogP) is 1.82. The number of morpholine rings is 1. The number of aromatic nitrogens is 3. The lowest BCUT2D eigenvalue weighted by molar-refractivity contribution is -0.0354. The molecule has 2 aromatic heterocycles. The fraction of sp³-hybridized carbons (Fsp3) is 0.462. The van der Waals surface area contributed by atoms with Gasteiger partial charge < -0.3 is 4.74 Å². The van der Waals surface area contributed by atoms with Gasteiger partial charge in [-0.15, -0.1) is 11.3 Å². The topological polar surface area (TPSA) is 51.1 Å². The smallest absolute Gasteiger partial charge is 0.125 e. The lowest BCUT2D eigenvalue weighted by atomic mass is 10.2. The van der Waals surface area contributed by atoms with Crippen LogP contribution in [0, 0.1) is 6.92 Å². The lowest BCUT2D eigenvalue weighted by Gasteiger charge is -2.32. The van der Waals surface area contributed by atoms with Crippen molar-refractivity contribution in [3.63, 3.8) is 0 Å². The Morgan fingerprint density at radius 2 is 2.42 bits per heavy atom. The van der Waals surface area contributed by atoms with Gasteiger partial charge in [0.15, 0.2) is 0 Å². The van der Waals surface area contributed by atoms with Crippen LogP contribution in [0.1, 0.15) is 23.3 Å². The second-order valence-electron chi connectivity index (χ2n) is 4.60. The van der Waals surface area contributed by atoms with E-state index in [2.05, 4.69) is 25.2 Å². The minimum atomic E-state index is 0.0362. The molecule has 0 saturated carbocycles. The molecular formula is C13H16N4OS. The summed E-state index contributed by atoms with van der Waals surface area (Å²) < 4.78 is 5.82. The zero-order valence-corrected chi connectivity index (χ0v) is 11.6. The first-order valence-electron chi connectivity index (χ1n) is 6.32. The molecule has 0 N–H and O–H groups in total. The summed E-state index contributed by atoms with van der Waals surface area (Å²) in [6, 6.07) is 1.93. The van der Waals surface area contributed by atoms with Crippen molar-refractivity contribution >= 4 is 11.3 Å². The zero-order valence-electron chi connectivity index (χ0n) is 10.8. The molecule has 2 aromatic rings. The molecule has 0 unspecified atom stereocenters. The third kappa shape index (κ3) is 3.15. The fourth-order valence-electron chi connectivity index (χ4n) is 2.22. The van der Waals surface area contributed by atoms with E-state index in [4.69, 9.17) is 4.74 Å². The van der Waals surface area contributed by atoms with Gasteiger partial charge >= 0.3 is 0 Å². The van der Waals surface area contributed by atoms with Crippen LogP contribution in [0.2, 0.25) is 0 Å². The van der Waals surface area contributed by atoms with Gasteiger partial charge in [0.25, 0.3) is 0 Å². The summed E-state index contributed by atoms with van der Waals surface area (Å²) in [5, 5.41) is 2.10. The molecular weight excluding hydrogens is 260 g/mol. The number of aryl methyl sites for hydroxylation is 1. The maximum Gasteiger partial charge on any atom is 0.125 e. The molecule has 6 heteroatoms. The maximum atomic E-state index is 5.82. The Morgan fingerprint density at radius 3 is 3.21 bits per heavy atom. The summed E-state index contributed by atoms with van der Waals surface area (Å²) in [4.78, 5) is 15.3. The Kier molecular flexibility index (Phi) is 3.82. The fourth-order valence-corrected chi connectivity index (χ4v) is 2.77. The molecule has 1 aliphatic rings. The summed E-state index contributed by atoms with van der Waals surface area (Å²) in [6.45, 7) is 5.32. The van der Waals surface area contributed by atoms with Crippen LogP contribution in [0.3, 0.4) is 0 Å². The molecule has 1 aliphatic heterocycles. The van der Waals surface area contributed by atoms with E-state index in [1.807, 2.05) is 18.5 Å². The first-order chi connectivity index (χ1) is 9.31. The molecule has 0 amide bonds. The third-order valence-electron chi connectivity index (χ3n) is 3.15. The Morgan fingerprint density at radius 1 is 1.47 bits per heavy atom. The highest BCUT2D eigenvalue weighted by Gasteiger charge is 2.23. The van der Waals surface area contributed by atoms with Crippen LogP contribution in [0.15, 0.2) is 23.2 Å². The normalized spacial score (nSPS) is 20.6. The number of thiazole rings is 1. The minimum Gasteiger partial charge on any atom is -0.369 e. The molecule has 0 aliphatic carbocycles. The van der Waals surface area contributed by atoms with Gasteiger partial charge in [0, 0.05) is 31.2 Å². The first-order valence-corrected chi connectivity index (χ1v) is 7.26. The zero-order chi connectivity index (χ0) is 13.1. The molecule has 3 rings (SSSR count). The molecule has 1 fully saturated rings. The quantitative estimate of drug-likeness (QED) is 0.856. The van der Waals surface area contributed by atoms with Gasteiger partial charge in [0.2, 0.25) is 0 Å². The van der Waals surface area contributed by atoms with Crippen molar-refractivity contribution in [2.75, 3.05) is 19.7 Å². The molecule has 100 valence electrons. The molecule has 0 spiro atoms. The van der Waals surface area contributed by atoms with Gasteiger partial charge in [-0.1, -0.05) is 0 Å². The van der Waals surface area contributed by atoms with E-state index in [-0.39, 0.29) is 6.10 Å². The third-order valence-corrected chi connectivity index (χ3v) is 3.78. The van der Waals surface area contributed by atoms with E-state index in [1.54, 1.807) is 17.5 Å². The molecule has 0 aromatic carbocycles.